The summed E-state index contributed by atoms with van der Waals surface area (Å²) in [5.41, 5.74) is 7.00. The normalized spacial score (nSPS) is 12.5. The Morgan fingerprint density at radius 2 is 2.25 bits per heavy atom. The first-order chi connectivity index (χ1) is 7.70. The third-order valence-electron chi connectivity index (χ3n) is 2.26. The highest BCUT2D eigenvalue weighted by Gasteiger charge is 2.12. The summed E-state index contributed by atoms with van der Waals surface area (Å²) in [7, 11) is 1.66. The first kappa shape index (κ1) is 13.4. The van der Waals surface area contributed by atoms with Crippen LogP contribution in [0.3, 0.4) is 0 Å². The van der Waals surface area contributed by atoms with Crippen molar-refractivity contribution in [1.29, 1.82) is 0 Å². The number of nitrogens with two attached hydrogens (primary N) is 1. The fraction of sp³-hybridized carbons (Fsp3) is 0.500. The van der Waals surface area contributed by atoms with Gasteiger partial charge in [0.15, 0.2) is 0 Å². The van der Waals surface area contributed by atoms with Crippen LogP contribution in [0.5, 0.6) is 5.75 Å². The Bertz CT molecular complexity index is 329. The molecule has 0 radical (unpaired) electrons. The van der Waals surface area contributed by atoms with Gasteiger partial charge in [-0.05, 0) is 25.5 Å². The number of hydrogen-bond donors (Lipinski definition) is 2. The van der Waals surface area contributed by atoms with E-state index in [9.17, 15) is 0 Å². The fourth-order valence-electron chi connectivity index (χ4n) is 1.52. The van der Waals surface area contributed by atoms with Crippen LogP contribution in [0, 0.1) is 0 Å². The van der Waals surface area contributed by atoms with E-state index in [0.29, 0.717) is 0 Å². The van der Waals surface area contributed by atoms with Gasteiger partial charge in [-0.1, -0.05) is 6.07 Å². The van der Waals surface area contributed by atoms with Crippen molar-refractivity contribution in [1.82, 2.24) is 0 Å². The zero-order chi connectivity index (χ0) is 12.0. The van der Waals surface area contributed by atoms with Crippen molar-refractivity contribution >= 4 is 11.8 Å². The summed E-state index contributed by atoms with van der Waals surface area (Å²) in [4.78, 5) is 1.14. The van der Waals surface area contributed by atoms with Gasteiger partial charge in [-0.3, -0.25) is 0 Å². The minimum atomic E-state index is -0.0484. The molecular weight excluding hydrogens is 222 g/mol. The smallest absolute Gasteiger partial charge is 0.124 e. The first-order valence-corrected chi connectivity index (χ1v) is 6.35. The summed E-state index contributed by atoms with van der Waals surface area (Å²) < 4.78 is 5.31. The van der Waals surface area contributed by atoms with E-state index < -0.39 is 0 Å². The van der Waals surface area contributed by atoms with E-state index in [1.165, 1.54) is 0 Å². The Kier molecular flexibility index (Phi) is 5.66. The molecule has 0 fully saturated rings. The zero-order valence-corrected chi connectivity index (χ0v) is 10.6. The third-order valence-corrected chi connectivity index (χ3v) is 3.42. The van der Waals surface area contributed by atoms with Gasteiger partial charge >= 0.3 is 0 Å². The van der Waals surface area contributed by atoms with Gasteiger partial charge in [0.1, 0.15) is 5.75 Å². The number of ether oxygens (including phenoxy) is 1. The summed E-state index contributed by atoms with van der Waals surface area (Å²) in [6, 6.07) is 5.89. The highest BCUT2D eigenvalue weighted by Crippen LogP contribution is 2.33. The van der Waals surface area contributed by atoms with Gasteiger partial charge in [0.25, 0.3) is 0 Å². The van der Waals surface area contributed by atoms with Crippen molar-refractivity contribution in [2.75, 3.05) is 19.5 Å². The predicted molar refractivity (Wildman–Crippen MR) is 68.0 cm³/mol. The van der Waals surface area contributed by atoms with Crippen LogP contribution in [0.4, 0.5) is 0 Å². The van der Waals surface area contributed by atoms with Gasteiger partial charge in [0.05, 0.1) is 7.11 Å². The SMILES string of the molecule is COc1cccc(SCCCO)c1[C@H](C)N. The van der Waals surface area contributed by atoms with Gasteiger partial charge in [0.2, 0.25) is 0 Å². The average Bonchev–Trinajstić information content (AvgIpc) is 2.28. The molecule has 0 heterocycles. The summed E-state index contributed by atoms with van der Waals surface area (Å²) >= 11 is 1.71. The van der Waals surface area contributed by atoms with Crippen LogP contribution < -0.4 is 10.5 Å². The fourth-order valence-corrected chi connectivity index (χ4v) is 2.63. The van der Waals surface area contributed by atoms with E-state index in [0.717, 1.165) is 28.4 Å². The molecule has 0 saturated carbocycles. The maximum absolute atomic E-state index is 8.76. The van der Waals surface area contributed by atoms with Crippen LogP contribution in [0.1, 0.15) is 24.9 Å². The molecule has 3 nitrogen and oxygen atoms in total. The lowest BCUT2D eigenvalue weighted by Crippen LogP contribution is -2.08. The van der Waals surface area contributed by atoms with Crippen molar-refractivity contribution in [3.63, 3.8) is 0 Å². The van der Waals surface area contributed by atoms with Crippen molar-refractivity contribution < 1.29 is 9.84 Å². The molecule has 0 unspecified atom stereocenters. The number of rotatable bonds is 6. The second-order valence-corrected chi connectivity index (χ2v) is 4.72. The standard InChI is InChI=1S/C12H19NO2S/c1-9(13)12-10(15-2)5-3-6-11(12)16-8-4-7-14/h3,5-6,9,14H,4,7-8,13H2,1-2H3/t9-/m0/s1. The third kappa shape index (κ3) is 3.40. The second kappa shape index (κ2) is 6.78. The van der Waals surface area contributed by atoms with Gasteiger partial charge in [-0.15, -0.1) is 11.8 Å². The molecule has 0 amide bonds. The molecule has 1 aromatic carbocycles. The van der Waals surface area contributed by atoms with E-state index in [2.05, 4.69) is 0 Å². The molecule has 0 saturated heterocycles. The lowest BCUT2D eigenvalue weighted by Gasteiger charge is -2.16. The van der Waals surface area contributed by atoms with E-state index in [-0.39, 0.29) is 12.6 Å². The van der Waals surface area contributed by atoms with E-state index in [1.807, 2.05) is 25.1 Å². The van der Waals surface area contributed by atoms with Crippen molar-refractivity contribution in [3.8, 4) is 5.75 Å². The number of aliphatic hydroxyl groups excluding tert-OH is 1. The average molecular weight is 241 g/mol. The molecule has 0 aliphatic rings. The highest BCUT2D eigenvalue weighted by atomic mass is 32.2. The molecule has 0 aliphatic carbocycles. The van der Waals surface area contributed by atoms with E-state index in [1.54, 1.807) is 18.9 Å². The maximum atomic E-state index is 8.76. The monoisotopic (exact) mass is 241 g/mol. The molecule has 4 heteroatoms. The van der Waals surface area contributed by atoms with Crippen molar-refractivity contribution in [2.24, 2.45) is 5.73 Å². The number of benzene rings is 1. The molecular formula is C12H19NO2S. The largest absolute Gasteiger partial charge is 0.496 e. The Hall–Kier alpha value is -0.710. The molecule has 0 bridgehead atoms. The minimum absolute atomic E-state index is 0.0484. The Morgan fingerprint density at radius 1 is 1.50 bits per heavy atom. The minimum Gasteiger partial charge on any atom is -0.496 e. The van der Waals surface area contributed by atoms with Crippen LogP contribution >= 0.6 is 11.8 Å². The molecule has 90 valence electrons. The molecule has 1 aromatic rings. The van der Waals surface area contributed by atoms with Gasteiger partial charge in [-0.25, -0.2) is 0 Å². The van der Waals surface area contributed by atoms with Crippen LogP contribution in [0.15, 0.2) is 23.1 Å². The molecule has 0 aliphatic heterocycles. The quantitative estimate of drug-likeness (QED) is 0.592. The van der Waals surface area contributed by atoms with Crippen LogP contribution in [0.25, 0.3) is 0 Å². The Balaban J connectivity index is 2.89. The zero-order valence-electron chi connectivity index (χ0n) is 9.77. The number of thioether (sulfide) groups is 1. The molecule has 0 spiro atoms. The van der Waals surface area contributed by atoms with Crippen molar-refractivity contribution in [3.05, 3.63) is 23.8 Å². The molecule has 1 atom stereocenters. The van der Waals surface area contributed by atoms with Crippen LogP contribution in [-0.2, 0) is 0 Å². The topological polar surface area (TPSA) is 55.5 Å². The number of aliphatic hydroxyl groups is 1. The summed E-state index contributed by atoms with van der Waals surface area (Å²) in [6.07, 6.45) is 0.792. The number of hydrogen-bond acceptors (Lipinski definition) is 4. The lowest BCUT2D eigenvalue weighted by atomic mass is 10.1. The van der Waals surface area contributed by atoms with Crippen molar-refractivity contribution in [2.45, 2.75) is 24.3 Å². The highest BCUT2D eigenvalue weighted by molar-refractivity contribution is 7.99. The van der Waals surface area contributed by atoms with Crippen LogP contribution in [0.2, 0.25) is 0 Å². The lowest BCUT2D eigenvalue weighted by molar-refractivity contribution is 0.296. The summed E-state index contributed by atoms with van der Waals surface area (Å²) in [5, 5.41) is 8.76. The number of methoxy groups -OCH3 is 1. The first-order valence-electron chi connectivity index (χ1n) is 5.36. The van der Waals surface area contributed by atoms with E-state index >= 15 is 0 Å². The van der Waals surface area contributed by atoms with Gasteiger partial charge < -0.3 is 15.6 Å². The summed E-state index contributed by atoms with van der Waals surface area (Å²) in [6.45, 7) is 2.18. The van der Waals surface area contributed by atoms with Crippen LogP contribution in [-0.4, -0.2) is 24.6 Å². The molecule has 3 N–H and O–H groups in total. The predicted octanol–water partition coefficient (Wildman–Crippen LogP) is 2.19. The van der Waals surface area contributed by atoms with Gasteiger partial charge in [0, 0.05) is 28.9 Å². The Morgan fingerprint density at radius 3 is 2.81 bits per heavy atom. The summed E-state index contributed by atoms with van der Waals surface area (Å²) in [5.74, 6) is 1.73. The second-order valence-electron chi connectivity index (χ2n) is 3.59. The molecule has 0 aromatic heterocycles. The molecule has 16 heavy (non-hydrogen) atoms. The van der Waals surface area contributed by atoms with E-state index in [4.69, 9.17) is 15.6 Å². The maximum Gasteiger partial charge on any atom is 0.124 e. The Labute approximate surface area is 101 Å². The van der Waals surface area contributed by atoms with Gasteiger partial charge in [-0.2, -0.15) is 0 Å². The molecule has 1 rings (SSSR count).